The van der Waals surface area contributed by atoms with Gasteiger partial charge in [0.2, 0.25) is 5.91 Å². The predicted molar refractivity (Wildman–Crippen MR) is 79.4 cm³/mol. The van der Waals surface area contributed by atoms with E-state index in [0.717, 1.165) is 38.0 Å². The molecule has 1 fully saturated rings. The summed E-state index contributed by atoms with van der Waals surface area (Å²) in [6, 6.07) is 8.16. The van der Waals surface area contributed by atoms with Crippen molar-refractivity contribution in [2.45, 2.75) is 32.3 Å². The summed E-state index contributed by atoms with van der Waals surface area (Å²) >= 11 is 0. The molecule has 1 heterocycles. The first kappa shape index (κ1) is 15.0. The molecule has 2 N–H and O–H groups in total. The lowest BCUT2D eigenvalue weighted by Gasteiger charge is -2.38. The molecule has 1 saturated heterocycles. The summed E-state index contributed by atoms with van der Waals surface area (Å²) in [6.45, 7) is 6.85. The number of aliphatic hydroxyl groups is 1. The molecular weight excluding hydrogens is 252 g/mol. The molecule has 20 heavy (non-hydrogen) atoms. The lowest BCUT2D eigenvalue weighted by atomic mass is 9.84. The second kappa shape index (κ2) is 6.37. The Labute approximate surface area is 120 Å². The zero-order valence-electron chi connectivity index (χ0n) is 12.4. The molecule has 0 atom stereocenters. The van der Waals surface area contributed by atoms with Gasteiger partial charge >= 0.3 is 0 Å². The van der Waals surface area contributed by atoms with E-state index in [1.807, 2.05) is 12.1 Å². The largest absolute Gasteiger partial charge is 0.385 e. The molecule has 0 unspecified atom stereocenters. The molecule has 1 amide bonds. The monoisotopic (exact) mass is 276 g/mol. The van der Waals surface area contributed by atoms with Crippen molar-refractivity contribution in [1.82, 2.24) is 10.2 Å². The summed E-state index contributed by atoms with van der Waals surface area (Å²) in [6.07, 6.45) is 1.49. The summed E-state index contributed by atoms with van der Waals surface area (Å²) in [5.74, 6) is 0.0122. The highest BCUT2D eigenvalue weighted by molar-refractivity contribution is 5.72. The van der Waals surface area contributed by atoms with E-state index in [4.69, 9.17) is 0 Å². The van der Waals surface area contributed by atoms with E-state index in [1.165, 1.54) is 12.5 Å². The maximum absolute atomic E-state index is 10.8. The molecule has 110 valence electrons. The molecule has 1 aliphatic rings. The van der Waals surface area contributed by atoms with Gasteiger partial charge in [0.25, 0.3) is 0 Å². The molecule has 4 heteroatoms. The van der Waals surface area contributed by atoms with E-state index in [0.29, 0.717) is 6.54 Å². The maximum Gasteiger partial charge on any atom is 0.216 e. The highest BCUT2D eigenvalue weighted by Gasteiger charge is 2.33. The predicted octanol–water partition coefficient (Wildman–Crippen LogP) is 1.41. The van der Waals surface area contributed by atoms with E-state index < -0.39 is 5.60 Å². The number of benzene rings is 1. The number of carbonyl (C=O) groups is 1. The van der Waals surface area contributed by atoms with Crippen molar-refractivity contribution < 1.29 is 9.90 Å². The summed E-state index contributed by atoms with van der Waals surface area (Å²) in [5, 5.41) is 13.6. The number of aryl methyl sites for hydroxylation is 1. The van der Waals surface area contributed by atoms with E-state index in [1.54, 1.807) is 0 Å². The molecule has 0 bridgehead atoms. The van der Waals surface area contributed by atoms with Crippen LogP contribution >= 0.6 is 0 Å². The minimum atomic E-state index is -0.696. The van der Waals surface area contributed by atoms with Crippen LogP contribution in [0.15, 0.2) is 24.3 Å². The van der Waals surface area contributed by atoms with Gasteiger partial charge in [-0.1, -0.05) is 29.8 Å². The van der Waals surface area contributed by atoms with Crippen molar-refractivity contribution in [1.29, 1.82) is 0 Å². The first-order chi connectivity index (χ1) is 9.49. The zero-order valence-corrected chi connectivity index (χ0v) is 12.4. The highest BCUT2D eigenvalue weighted by Crippen LogP contribution is 2.32. The van der Waals surface area contributed by atoms with Crippen LogP contribution < -0.4 is 5.32 Å². The van der Waals surface area contributed by atoms with E-state index in [2.05, 4.69) is 29.3 Å². The van der Waals surface area contributed by atoms with Crippen molar-refractivity contribution >= 4 is 5.91 Å². The van der Waals surface area contributed by atoms with Gasteiger partial charge in [-0.25, -0.2) is 0 Å². The summed E-state index contributed by atoms with van der Waals surface area (Å²) in [4.78, 5) is 13.1. The third kappa shape index (κ3) is 3.81. The van der Waals surface area contributed by atoms with Gasteiger partial charge in [0.15, 0.2) is 0 Å². The van der Waals surface area contributed by atoms with Crippen LogP contribution in [0.3, 0.4) is 0 Å². The van der Waals surface area contributed by atoms with Gasteiger partial charge in [0, 0.05) is 33.1 Å². The number of carbonyl (C=O) groups excluding carboxylic acids is 1. The molecule has 2 rings (SSSR count). The van der Waals surface area contributed by atoms with Crippen molar-refractivity contribution in [3.05, 3.63) is 35.4 Å². The van der Waals surface area contributed by atoms with Gasteiger partial charge in [0.05, 0.1) is 5.60 Å². The van der Waals surface area contributed by atoms with Crippen molar-refractivity contribution in [2.75, 3.05) is 26.2 Å². The number of hydrogen-bond donors (Lipinski definition) is 2. The third-order valence-corrected chi connectivity index (χ3v) is 4.07. The van der Waals surface area contributed by atoms with Crippen LogP contribution in [0.25, 0.3) is 0 Å². The Morgan fingerprint density at radius 2 is 1.90 bits per heavy atom. The fraction of sp³-hybridized carbons (Fsp3) is 0.562. The molecule has 0 aromatic heterocycles. The van der Waals surface area contributed by atoms with E-state index in [-0.39, 0.29) is 5.91 Å². The average Bonchev–Trinajstić information content (AvgIpc) is 2.41. The van der Waals surface area contributed by atoms with Crippen molar-refractivity contribution in [2.24, 2.45) is 0 Å². The number of likely N-dealkylation sites (tertiary alicyclic amines) is 1. The van der Waals surface area contributed by atoms with E-state index in [9.17, 15) is 9.90 Å². The molecule has 1 aliphatic heterocycles. The number of nitrogens with one attached hydrogen (secondary N) is 1. The van der Waals surface area contributed by atoms with Crippen LogP contribution in [0.4, 0.5) is 0 Å². The topological polar surface area (TPSA) is 52.6 Å². The van der Waals surface area contributed by atoms with Crippen molar-refractivity contribution in [3.8, 4) is 0 Å². The highest BCUT2D eigenvalue weighted by atomic mass is 16.3. The number of piperidine rings is 1. The Morgan fingerprint density at radius 1 is 1.30 bits per heavy atom. The number of rotatable bonds is 4. The van der Waals surface area contributed by atoms with Gasteiger partial charge in [0.1, 0.15) is 0 Å². The summed E-state index contributed by atoms with van der Waals surface area (Å²) in [5.41, 5.74) is 1.53. The second-order valence-corrected chi connectivity index (χ2v) is 5.72. The number of nitrogens with zero attached hydrogens (tertiary/aromatic N) is 1. The van der Waals surface area contributed by atoms with Crippen LogP contribution in [-0.4, -0.2) is 42.1 Å². The fourth-order valence-corrected chi connectivity index (χ4v) is 2.69. The molecule has 0 spiro atoms. The van der Waals surface area contributed by atoms with Crippen LogP contribution in [-0.2, 0) is 10.4 Å². The number of amides is 1. The van der Waals surface area contributed by atoms with Crippen LogP contribution in [0.1, 0.15) is 30.9 Å². The Morgan fingerprint density at radius 3 is 2.45 bits per heavy atom. The fourth-order valence-electron chi connectivity index (χ4n) is 2.69. The Balaban J connectivity index is 1.86. The van der Waals surface area contributed by atoms with E-state index >= 15 is 0 Å². The molecule has 0 saturated carbocycles. The van der Waals surface area contributed by atoms with Crippen molar-refractivity contribution in [3.63, 3.8) is 0 Å². The molecule has 1 aromatic rings. The Hall–Kier alpha value is -1.39. The van der Waals surface area contributed by atoms with Gasteiger partial charge in [-0.3, -0.25) is 4.79 Å². The SMILES string of the molecule is CC(=O)NCCN1CCC(O)(c2ccc(C)cc2)CC1. The van der Waals surface area contributed by atoms with Gasteiger partial charge < -0.3 is 15.3 Å². The van der Waals surface area contributed by atoms with Gasteiger partial charge in [-0.2, -0.15) is 0 Å². The molecular formula is C16H24N2O2. The lowest BCUT2D eigenvalue weighted by Crippen LogP contribution is -2.45. The normalized spacial score (nSPS) is 18.8. The minimum Gasteiger partial charge on any atom is -0.385 e. The maximum atomic E-state index is 10.8. The first-order valence-corrected chi connectivity index (χ1v) is 7.26. The smallest absolute Gasteiger partial charge is 0.216 e. The zero-order chi connectivity index (χ0) is 14.6. The summed E-state index contributed by atoms with van der Waals surface area (Å²) in [7, 11) is 0. The molecule has 4 nitrogen and oxygen atoms in total. The van der Waals surface area contributed by atoms with Gasteiger partial charge in [-0.05, 0) is 25.3 Å². The van der Waals surface area contributed by atoms with Crippen LogP contribution in [0, 0.1) is 6.92 Å². The van der Waals surface area contributed by atoms with Gasteiger partial charge in [-0.15, -0.1) is 0 Å². The molecule has 1 aromatic carbocycles. The van der Waals surface area contributed by atoms with Crippen LogP contribution in [0.2, 0.25) is 0 Å². The third-order valence-electron chi connectivity index (χ3n) is 4.07. The minimum absolute atomic E-state index is 0.0122. The lowest BCUT2D eigenvalue weighted by molar-refractivity contribution is -0.119. The standard InChI is InChI=1S/C16H24N2O2/c1-13-3-5-15(6-4-13)16(20)7-10-18(11-8-16)12-9-17-14(2)19/h3-6,20H,7-12H2,1-2H3,(H,17,19). The quantitative estimate of drug-likeness (QED) is 0.874. The second-order valence-electron chi connectivity index (χ2n) is 5.72. The number of hydrogen-bond acceptors (Lipinski definition) is 3. The summed E-state index contributed by atoms with van der Waals surface area (Å²) < 4.78 is 0. The first-order valence-electron chi connectivity index (χ1n) is 7.26. The Bertz CT molecular complexity index is 448. The Kier molecular flexibility index (Phi) is 4.78. The average molecular weight is 276 g/mol. The molecule has 0 aliphatic carbocycles. The van der Waals surface area contributed by atoms with Crippen LogP contribution in [0.5, 0.6) is 0 Å². The molecule has 0 radical (unpaired) electrons.